The molecule has 0 amide bonds. The van der Waals surface area contributed by atoms with Crippen molar-refractivity contribution in [1.29, 1.82) is 0 Å². The Morgan fingerprint density at radius 1 is 1.10 bits per heavy atom. The van der Waals surface area contributed by atoms with Gasteiger partial charge >= 0.3 is 0 Å². The number of hydrogen-bond donors (Lipinski definition) is 1. The minimum atomic E-state index is 0.453. The zero-order valence-electron chi connectivity index (χ0n) is 19.6. The van der Waals surface area contributed by atoms with Gasteiger partial charge in [-0.1, -0.05) is 39.2 Å². The molecule has 1 fully saturated rings. The van der Waals surface area contributed by atoms with E-state index in [4.69, 9.17) is 17.0 Å². The summed E-state index contributed by atoms with van der Waals surface area (Å²) in [6.07, 6.45) is 14.7. The summed E-state index contributed by atoms with van der Waals surface area (Å²) in [5, 5.41) is 4.32. The maximum atomic E-state index is 6.15. The molecule has 170 valence electrons. The summed E-state index contributed by atoms with van der Waals surface area (Å²) in [5.74, 6) is 0.715. The lowest BCUT2D eigenvalue weighted by molar-refractivity contribution is 0.0147. The number of thiocarbonyl (C=S) groups is 1. The summed E-state index contributed by atoms with van der Waals surface area (Å²) < 4.78 is 6.15. The number of unbranched alkanes of at least 4 members (excludes halogenated alkanes) is 4. The average molecular weight is 426 g/mol. The number of ether oxygens (including phenoxy) is 1. The lowest BCUT2D eigenvalue weighted by Gasteiger charge is -2.36. The zero-order valence-corrected chi connectivity index (χ0v) is 20.4. The summed E-state index contributed by atoms with van der Waals surface area (Å²) in [5.41, 5.74) is 0. The SMILES string of the molecule is C=CCN(C)CCCCCCCO[C@H]1CC[C@H](N(C)C(=S)NCCC(C)C)CC1. The number of rotatable bonds is 15. The highest BCUT2D eigenvalue weighted by Gasteiger charge is 2.25. The van der Waals surface area contributed by atoms with E-state index in [0.717, 1.165) is 24.8 Å². The van der Waals surface area contributed by atoms with Crippen molar-refractivity contribution >= 4 is 17.3 Å². The topological polar surface area (TPSA) is 27.7 Å². The summed E-state index contributed by atoms with van der Waals surface area (Å²) in [4.78, 5) is 4.61. The molecule has 0 aromatic carbocycles. The van der Waals surface area contributed by atoms with Crippen LogP contribution in [0.25, 0.3) is 0 Å². The second-order valence-corrected chi connectivity index (χ2v) is 9.53. The molecule has 0 atom stereocenters. The highest BCUT2D eigenvalue weighted by atomic mass is 32.1. The van der Waals surface area contributed by atoms with Crippen molar-refractivity contribution in [2.24, 2.45) is 5.92 Å². The van der Waals surface area contributed by atoms with Gasteiger partial charge in [-0.15, -0.1) is 6.58 Å². The first kappa shape index (κ1) is 26.4. The van der Waals surface area contributed by atoms with Crippen LogP contribution in [-0.2, 0) is 4.74 Å². The molecule has 0 heterocycles. The summed E-state index contributed by atoms with van der Waals surface area (Å²) >= 11 is 5.57. The van der Waals surface area contributed by atoms with E-state index in [9.17, 15) is 0 Å². The molecule has 0 saturated heterocycles. The van der Waals surface area contributed by atoms with Crippen LogP contribution in [0.5, 0.6) is 0 Å². The third kappa shape index (κ3) is 12.6. The predicted molar refractivity (Wildman–Crippen MR) is 131 cm³/mol. The third-order valence-electron chi connectivity index (χ3n) is 5.99. The fraction of sp³-hybridized carbons (Fsp3) is 0.875. The molecule has 1 N–H and O–H groups in total. The average Bonchev–Trinajstić information content (AvgIpc) is 2.69. The van der Waals surface area contributed by atoms with Crippen LogP contribution >= 0.6 is 12.2 Å². The van der Waals surface area contributed by atoms with E-state index in [0.29, 0.717) is 18.1 Å². The van der Waals surface area contributed by atoms with Gasteiger partial charge in [-0.3, -0.25) is 0 Å². The monoisotopic (exact) mass is 425 g/mol. The number of hydrogen-bond acceptors (Lipinski definition) is 3. The summed E-state index contributed by atoms with van der Waals surface area (Å²) in [6.45, 7) is 12.4. The van der Waals surface area contributed by atoms with Crippen molar-refractivity contribution in [3.05, 3.63) is 12.7 Å². The first-order valence-electron chi connectivity index (χ1n) is 11.9. The van der Waals surface area contributed by atoms with Crippen molar-refractivity contribution in [2.75, 3.05) is 40.3 Å². The Morgan fingerprint density at radius 3 is 2.41 bits per heavy atom. The maximum Gasteiger partial charge on any atom is 0.168 e. The Morgan fingerprint density at radius 2 is 1.76 bits per heavy atom. The van der Waals surface area contributed by atoms with E-state index in [1.165, 1.54) is 70.8 Å². The van der Waals surface area contributed by atoms with Gasteiger partial charge in [0.2, 0.25) is 0 Å². The van der Waals surface area contributed by atoms with Crippen LogP contribution in [0.15, 0.2) is 12.7 Å². The summed E-state index contributed by atoms with van der Waals surface area (Å²) in [6, 6.07) is 0.563. The van der Waals surface area contributed by atoms with E-state index >= 15 is 0 Å². The first-order chi connectivity index (χ1) is 13.9. The molecule has 29 heavy (non-hydrogen) atoms. The largest absolute Gasteiger partial charge is 0.378 e. The minimum Gasteiger partial charge on any atom is -0.378 e. The lowest BCUT2D eigenvalue weighted by atomic mass is 9.92. The molecule has 1 saturated carbocycles. The molecule has 0 spiro atoms. The molecule has 0 aliphatic heterocycles. The van der Waals surface area contributed by atoms with Gasteiger partial charge in [-0.25, -0.2) is 0 Å². The van der Waals surface area contributed by atoms with E-state index in [-0.39, 0.29) is 0 Å². The van der Waals surface area contributed by atoms with E-state index in [2.05, 4.69) is 49.6 Å². The van der Waals surface area contributed by atoms with E-state index < -0.39 is 0 Å². The number of nitrogens with zero attached hydrogens (tertiary/aromatic N) is 2. The van der Waals surface area contributed by atoms with Crippen LogP contribution in [0.3, 0.4) is 0 Å². The third-order valence-corrected chi connectivity index (χ3v) is 6.42. The molecule has 5 heteroatoms. The first-order valence-corrected chi connectivity index (χ1v) is 12.3. The highest BCUT2D eigenvalue weighted by molar-refractivity contribution is 7.80. The molecule has 1 aliphatic carbocycles. The molecule has 1 aliphatic rings. The van der Waals surface area contributed by atoms with E-state index in [1.807, 2.05) is 6.08 Å². The minimum absolute atomic E-state index is 0.453. The van der Waals surface area contributed by atoms with Gasteiger partial charge in [-0.2, -0.15) is 0 Å². The lowest BCUT2D eigenvalue weighted by Crippen LogP contribution is -2.45. The Hall–Kier alpha value is -0.650. The predicted octanol–water partition coefficient (Wildman–Crippen LogP) is 5.23. The summed E-state index contributed by atoms with van der Waals surface area (Å²) in [7, 11) is 4.31. The molecule has 0 bridgehead atoms. The Labute approximate surface area is 186 Å². The molecule has 0 aromatic rings. The van der Waals surface area contributed by atoms with Crippen molar-refractivity contribution in [3.8, 4) is 0 Å². The molecule has 0 radical (unpaired) electrons. The van der Waals surface area contributed by atoms with Gasteiger partial charge in [0.15, 0.2) is 5.11 Å². The maximum absolute atomic E-state index is 6.15. The molecule has 0 unspecified atom stereocenters. The Balaban J connectivity index is 2.02. The highest BCUT2D eigenvalue weighted by Crippen LogP contribution is 2.25. The van der Waals surface area contributed by atoms with Crippen LogP contribution < -0.4 is 5.32 Å². The molecular weight excluding hydrogens is 378 g/mol. The second-order valence-electron chi connectivity index (χ2n) is 9.15. The van der Waals surface area contributed by atoms with Gasteiger partial charge in [0.25, 0.3) is 0 Å². The van der Waals surface area contributed by atoms with E-state index in [1.54, 1.807) is 0 Å². The van der Waals surface area contributed by atoms with Gasteiger partial charge in [0.1, 0.15) is 0 Å². The van der Waals surface area contributed by atoms with Gasteiger partial charge in [-0.05, 0) is 76.7 Å². The number of nitrogens with one attached hydrogen (secondary N) is 1. The molecule has 4 nitrogen and oxygen atoms in total. The normalized spacial score (nSPS) is 19.5. The van der Waals surface area contributed by atoms with Crippen molar-refractivity contribution in [2.45, 2.75) is 90.2 Å². The van der Waals surface area contributed by atoms with Gasteiger partial charge in [0.05, 0.1) is 6.10 Å². The van der Waals surface area contributed by atoms with Gasteiger partial charge in [0, 0.05) is 32.8 Å². The number of likely N-dealkylation sites (N-methyl/N-ethyl adjacent to an activating group) is 1. The van der Waals surface area contributed by atoms with Gasteiger partial charge < -0.3 is 19.9 Å². The quantitative estimate of drug-likeness (QED) is 0.220. The van der Waals surface area contributed by atoms with Crippen LogP contribution in [0.4, 0.5) is 0 Å². The fourth-order valence-electron chi connectivity index (χ4n) is 3.93. The van der Waals surface area contributed by atoms with Crippen LogP contribution in [0.2, 0.25) is 0 Å². The fourth-order valence-corrected chi connectivity index (χ4v) is 4.18. The smallest absolute Gasteiger partial charge is 0.168 e. The van der Waals surface area contributed by atoms with Crippen molar-refractivity contribution in [3.63, 3.8) is 0 Å². The van der Waals surface area contributed by atoms with Crippen molar-refractivity contribution < 1.29 is 4.74 Å². The van der Waals surface area contributed by atoms with Crippen LogP contribution in [-0.4, -0.2) is 67.4 Å². The molecule has 1 rings (SSSR count). The standard InChI is InChI=1S/C24H47N3OS/c1-6-18-26(4)19-10-8-7-9-11-20-28-23-14-12-22(13-15-23)27(5)24(29)25-17-16-21(2)3/h6,21-23H,1,7-20H2,2-5H3,(H,25,29)/t22-,23-. The van der Waals surface area contributed by atoms with Crippen molar-refractivity contribution in [1.82, 2.24) is 15.1 Å². The molecule has 0 aromatic heterocycles. The van der Waals surface area contributed by atoms with Crippen LogP contribution in [0, 0.1) is 5.92 Å². The zero-order chi connectivity index (χ0) is 21.5. The second kappa shape index (κ2) is 16.1. The Bertz CT molecular complexity index is 436. The molecular formula is C24H47N3OS. The van der Waals surface area contributed by atoms with Crippen LogP contribution in [0.1, 0.15) is 78.1 Å². The Kier molecular flexibility index (Phi) is 14.6.